The van der Waals surface area contributed by atoms with Gasteiger partial charge >= 0.3 is 17.9 Å². The average molecular weight is 958 g/mol. The molecule has 0 N–H and O–H groups in total. The first-order chi connectivity index (χ1) is 33.5. The zero-order valence-corrected chi connectivity index (χ0v) is 45.9. The van der Waals surface area contributed by atoms with E-state index >= 15 is 0 Å². The summed E-state index contributed by atoms with van der Waals surface area (Å²) >= 11 is 0. The van der Waals surface area contributed by atoms with Gasteiger partial charge in [-0.3, -0.25) is 14.4 Å². The van der Waals surface area contributed by atoms with Crippen molar-refractivity contribution in [2.45, 2.75) is 341 Å². The van der Waals surface area contributed by atoms with Crippen LogP contribution in [0.2, 0.25) is 0 Å². The van der Waals surface area contributed by atoms with E-state index in [2.05, 4.69) is 45.1 Å². The van der Waals surface area contributed by atoms with Crippen LogP contribution in [0.15, 0.2) is 24.3 Å². The molecule has 1 unspecified atom stereocenters. The Labute approximate surface area is 423 Å². The second-order valence-electron chi connectivity index (χ2n) is 20.6. The van der Waals surface area contributed by atoms with Crippen LogP contribution in [-0.4, -0.2) is 37.2 Å². The molecule has 0 heterocycles. The summed E-state index contributed by atoms with van der Waals surface area (Å²) in [6, 6.07) is 0. The molecule has 0 saturated carbocycles. The molecule has 0 saturated heterocycles. The molecule has 0 aliphatic rings. The van der Waals surface area contributed by atoms with E-state index in [1.807, 2.05) is 0 Å². The second kappa shape index (κ2) is 57.5. The van der Waals surface area contributed by atoms with Crippen LogP contribution in [0.25, 0.3) is 0 Å². The fourth-order valence-electron chi connectivity index (χ4n) is 9.07. The van der Waals surface area contributed by atoms with Crippen LogP contribution in [0.4, 0.5) is 0 Å². The fraction of sp³-hybridized carbons (Fsp3) is 0.887. The Morgan fingerprint density at radius 3 is 0.779 bits per heavy atom. The van der Waals surface area contributed by atoms with Crippen molar-refractivity contribution in [1.82, 2.24) is 0 Å². The van der Waals surface area contributed by atoms with Gasteiger partial charge in [0.25, 0.3) is 0 Å². The molecule has 0 aliphatic carbocycles. The number of carbonyl (C=O) groups is 3. The minimum absolute atomic E-state index is 0.0698. The number of unbranched alkanes of at least 4 members (excludes halogenated alkanes) is 41. The van der Waals surface area contributed by atoms with E-state index in [1.54, 1.807) is 0 Å². The van der Waals surface area contributed by atoms with Crippen molar-refractivity contribution >= 4 is 17.9 Å². The quantitative estimate of drug-likeness (QED) is 0.0262. The lowest BCUT2D eigenvalue weighted by atomic mass is 10.0. The minimum Gasteiger partial charge on any atom is -0.462 e. The summed E-state index contributed by atoms with van der Waals surface area (Å²) in [5, 5.41) is 0. The van der Waals surface area contributed by atoms with E-state index < -0.39 is 6.10 Å². The van der Waals surface area contributed by atoms with Crippen LogP contribution < -0.4 is 0 Å². The van der Waals surface area contributed by atoms with Crippen molar-refractivity contribution in [3.63, 3.8) is 0 Å². The van der Waals surface area contributed by atoms with E-state index in [0.29, 0.717) is 19.3 Å². The van der Waals surface area contributed by atoms with Gasteiger partial charge < -0.3 is 14.2 Å². The number of hydrogen-bond acceptors (Lipinski definition) is 6. The first-order valence-electron chi connectivity index (χ1n) is 30.3. The van der Waals surface area contributed by atoms with Gasteiger partial charge in [0.05, 0.1) is 0 Å². The van der Waals surface area contributed by atoms with Crippen molar-refractivity contribution in [2.75, 3.05) is 13.2 Å². The van der Waals surface area contributed by atoms with Gasteiger partial charge in [-0.1, -0.05) is 276 Å². The van der Waals surface area contributed by atoms with Gasteiger partial charge in [-0.2, -0.15) is 0 Å². The van der Waals surface area contributed by atoms with E-state index in [4.69, 9.17) is 14.2 Å². The predicted octanol–water partition coefficient (Wildman–Crippen LogP) is 20.3. The summed E-state index contributed by atoms with van der Waals surface area (Å²) in [7, 11) is 0. The van der Waals surface area contributed by atoms with Gasteiger partial charge in [-0.15, -0.1) is 0 Å². The van der Waals surface area contributed by atoms with Gasteiger partial charge in [-0.25, -0.2) is 0 Å². The third-order valence-corrected chi connectivity index (χ3v) is 13.7. The Bertz CT molecular complexity index is 1100. The lowest BCUT2D eigenvalue weighted by Gasteiger charge is -2.18. The number of ether oxygens (including phenoxy) is 3. The molecule has 6 heteroatoms. The lowest BCUT2D eigenvalue weighted by molar-refractivity contribution is -0.167. The molecule has 68 heavy (non-hydrogen) atoms. The van der Waals surface area contributed by atoms with Crippen LogP contribution in [0.5, 0.6) is 0 Å². The van der Waals surface area contributed by atoms with E-state index in [9.17, 15) is 14.4 Å². The van der Waals surface area contributed by atoms with Gasteiger partial charge in [0, 0.05) is 19.3 Å². The fourth-order valence-corrected chi connectivity index (χ4v) is 9.07. The Morgan fingerprint density at radius 1 is 0.279 bits per heavy atom. The first kappa shape index (κ1) is 65.9. The monoisotopic (exact) mass is 957 g/mol. The average Bonchev–Trinajstić information content (AvgIpc) is 3.34. The highest BCUT2D eigenvalue weighted by molar-refractivity contribution is 5.71. The summed E-state index contributed by atoms with van der Waals surface area (Å²) in [5.41, 5.74) is 0. The molecule has 0 bridgehead atoms. The summed E-state index contributed by atoms with van der Waals surface area (Å²) in [4.78, 5) is 38.0. The van der Waals surface area contributed by atoms with Crippen molar-refractivity contribution in [2.24, 2.45) is 0 Å². The van der Waals surface area contributed by atoms with Gasteiger partial charge in [0.2, 0.25) is 0 Å². The van der Waals surface area contributed by atoms with Crippen molar-refractivity contribution < 1.29 is 28.6 Å². The molecule has 0 radical (unpaired) electrons. The van der Waals surface area contributed by atoms with Gasteiger partial charge in [0.1, 0.15) is 13.2 Å². The molecule has 0 aromatic heterocycles. The first-order valence-corrected chi connectivity index (χ1v) is 30.3. The maximum Gasteiger partial charge on any atom is 0.306 e. The second-order valence-corrected chi connectivity index (χ2v) is 20.6. The van der Waals surface area contributed by atoms with E-state index in [-0.39, 0.29) is 31.1 Å². The van der Waals surface area contributed by atoms with E-state index in [0.717, 1.165) is 64.2 Å². The third-order valence-electron chi connectivity index (χ3n) is 13.7. The molecule has 0 aromatic rings. The van der Waals surface area contributed by atoms with Crippen molar-refractivity contribution in [3.8, 4) is 0 Å². The summed E-state index contributed by atoms with van der Waals surface area (Å²) in [5.74, 6) is -0.864. The SMILES string of the molecule is CCCC/C=C\CCCCCCCC(=O)OC(COC(=O)CCCCCCCCCCCC)COC(=O)CCCCCCCCCCCCCCCCCCC/C=C\CCCCCCCCCC. The van der Waals surface area contributed by atoms with Crippen LogP contribution in [-0.2, 0) is 28.6 Å². The molecule has 0 aliphatic heterocycles. The molecular formula is C62H116O6. The molecule has 0 amide bonds. The molecule has 0 aromatic carbocycles. The number of rotatable bonds is 56. The highest BCUT2D eigenvalue weighted by Gasteiger charge is 2.19. The summed E-state index contributed by atoms with van der Waals surface area (Å²) in [6.45, 7) is 6.62. The molecule has 0 spiro atoms. The summed E-state index contributed by atoms with van der Waals surface area (Å²) < 4.78 is 16.8. The zero-order chi connectivity index (χ0) is 49.3. The third kappa shape index (κ3) is 54.8. The van der Waals surface area contributed by atoms with Crippen molar-refractivity contribution in [3.05, 3.63) is 24.3 Å². The van der Waals surface area contributed by atoms with Crippen LogP contribution in [0.3, 0.4) is 0 Å². The molecule has 400 valence electrons. The number of allylic oxidation sites excluding steroid dienone is 4. The van der Waals surface area contributed by atoms with Gasteiger partial charge in [-0.05, 0) is 64.2 Å². The molecule has 0 rings (SSSR count). The largest absolute Gasteiger partial charge is 0.462 e. The Balaban J connectivity index is 4.03. The minimum atomic E-state index is -0.769. The highest BCUT2D eigenvalue weighted by Crippen LogP contribution is 2.17. The smallest absolute Gasteiger partial charge is 0.306 e. The standard InChI is InChI=1S/C62H116O6/c1-4-7-10-13-16-19-22-23-24-25-26-27-28-29-30-31-32-33-34-35-36-37-38-39-41-43-46-49-52-55-61(64)67-58-59(57-66-60(63)54-51-48-45-42-21-18-15-12-9-6-3)68-62(65)56-53-50-47-44-40-20-17-14-11-8-5-2/h14,17,25-26,59H,4-13,15-16,18-24,27-58H2,1-3H3/b17-14-,26-25-. The normalized spacial score (nSPS) is 12.1. The molecule has 1 atom stereocenters. The highest BCUT2D eigenvalue weighted by atomic mass is 16.6. The van der Waals surface area contributed by atoms with Crippen molar-refractivity contribution in [1.29, 1.82) is 0 Å². The topological polar surface area (TPSA) is 78.9 Å². The zero-order valence-electron chi connectivity index (χ0n) is 45.9. The van der Waals surface area contributed by atoms with E-state index in [1.165, 1.54) is 231 Å². The number of esters is 3. The lowest BCUT2D eigenvalue weighted by Crippen LogP contribution is -2.30. The van der Waals surface area contributed by atoms with Crippen LogP contribution >= 0.6 is 0 Å². The maximum atomic E-state index is 12.8. The maximum absolute atomic E-state index is 12.8. The molecular weight excluding hydrogens is 841 g/mol. The van der Waals surface area contributed by atoms with Gasteiger partial charge in [0.15, 0.2) is 6.10 Å². The Morgan fingerprint density at radius 2 is 0.500 bits per heavy atom. The molecule has 0 fully saturated rings. The summed E-state index contributed by atoms with van der Waals surface area (Å²) in [6.07, 6.45) is 67.8. The van der Waals surface area contributed by atoms with Crippen LogP contribution in [0, 0.1) is 0 Å². The predicted molar refractivity (Wildman–Crippen MR) is 293 cm³/mol. The Hall–Kier alpha value is -2.11. The molecule has 6 nitrogen and oxygen atoms in total. The number of carbonyl (C=O) groups excluding carboxylic acids is 3. The van der Waals surface area contributed by atoms with Crippen LogP contribution in [0.1, 0.15) is 335 Å². The number of hydrogen-bond donors (Lipinski definition) is 0. The Kier molecular flexibility index (Phi) is 55.7.